The Labute approximate surface area is 190 Å². The first-order valence-electron chi connectivity index (χ1n) is 9.76. The molecule has 2 amide bonds. The van der Waals surface area contributed by atoms with Crippen LogP contribution in [0.3, 0.4) is 0 Å². The van der Waals surface area contributed by atoms with Gasteiger partial charge in [-0.2, -0.15) is 0 Å². The summed E-state index contributed by atoms with van der Waals surface area (Å²) in [6.45, 7) is 4.20. The molecule has 0 atom stereocenters. The molecule has 1 aliphatic rings. The van der Waals surface area contributed by atoms with Crippen molar-refractivity contribution in [2.75, 3.05) is 18.5 Å². The molecule has 1 saturated heterocycles. The Hall–Kier alpha value is -2.97. The molecule has 6 nitrogen and oxygen atoms in total. The number of anilines is 1. The summed E-state index contributed by atoms with van der Waals surface area (Å²) in [5, 5.41) is 2.76. The first kappa shape index (κ1) is 22.7. The Bertz CT molecular complexity index is 1030. The molecule has 0 spiro atoms. The van der Waals surface area contributed by atoms with Crippen LogP contribution in [-0.4, -0.2) is 40.0 Å². The molecular weight excluding hydrogens is 432 g/mol. The molecule has 8 heteroatoms. The summed E-state index contributed by atoms with van der Waals surface area (Å²) in [7, 11) is 0. The van der Waals surface area contributed by atoms with Gasteiger partial charge >= 0.3 is 0 Å². The summed E-state index contributed by atoms with van der Waals surface area (Å²) in [5.41, 5.74) is 2.04. The molecule has 1 aliphatic heterocycles. The van der Waals surface area contributed by atoms with E-state index in [4.69, 9.17) is 17.0 Å². The second kappa shape index (κ2) is 10.4. The summed E-state index contributed by atoms with van der Waals surface area (Å²) in [5.74, 6) is 0.294. The van der Waals surface area contributed by atoms with Crippen molar-refractivity contribution >= 4 is 57.7 Å². The summed E-state index contributed by atoms with van der Waals surface area (Å²) in [6, 6.07) is 14.1. The zero-order chi connectivity index (χ0) is 22.4. The number of amides is 2. The summed E-state index contributed by atoms with van der Waals surface area (Å²) >= 11 is 6.56. The van der Waals surface area contributed by atoms with Gasteiger partial charge in [-0.1, -0.05) is 36.1 Å². The van der Waals surface area contributed by atoms with E-state index in [0.29, 0.717) is 27.1 Å². The van der Waals surface area contributed by atoms with Crippen LogP contribution in [0.25, 0.3) is 6.08 Å². The number of benzene rings is 2. The number of carbonyl (C=O) groups excluding carboxylic acids is 3. The maximum Gasteiger partial charge on any atom is 0.266 e. The predicted molar refractivity (Wildman–Crippen MR) is 127 cm³/mol. The number of carbonyl (C=O) groups is 3. The lowest BCUT2D eigenvalue weighted by atomic mass is 10.1. The van der Waals surface area contributed by atoms with Crippen molar-refractivity contribution in [2.45, 2.75) is 20.3 Å². The SMILES string of the molecule is CCOc1ccc(/C=C2\SC(=S)N(CCC(=O)Nc3ccc(C(C)=O)cc3)C2=O)cc1. The van der Waals surface area contributed by atoms with Crippen molar-refractivity contribution in [1.29, 1.82) is 0 Å². The topological polar surface area (TPSA) is 75.7 Å². The van der Waals surface area contributed by atoms with Gasteiger partial charge in [-0.25, -0.2) is 0 Å². The Morgan fingerprint density at radius 1 is 1.13 bits per heavy atom. The molecule has 0 saturated carbocycles. The third kappa shape index (κ3) is 6.02. The average Bonchev–Trinajstić information content (AvgIpc) is 3.01. The number of nitrogens with one attached hydrogen (secondary N) is 1. The van der Waals surface area contributed by atoms with Crippen LogP contribution in [-0.2, 0) is 9.59 Å². The standard InChI is InChI=1S/C23H22N2O4S2/c1-3-29-19-10-4-16(5-11-19)14-20-22(28)25(23(30)31-20)13-12-21(27)24-18-8-6-17(7-9-18)15(2)26/h4-11,14H,3,12-13H2,1-2H3,(H,24,27)/b20-14-. The van der Waals surface area contributed by atoms with Crippen LogP contribution in [0.5, 0.6) is 5.75 Å². The molecule has 1 heterocycles. The Morgan fingerprint density at radius 2 is 1.81 bits per heavy atom. The number of hydrogen-bond donors (Lipinski definition) is 1. The van der Waals surface area contributed by atoms with E-state index in [1.54, 1.807) is 30.3 Å². The number of ketones is 1. The van der Waals surface area contributed by atoms with Crippen LogP contribution >= 0.6 is 24.0 Å². The molecule has 3 rings (SSSR count). The van der Waals surface area contributed by atoms with Gasteiger partial charge < -0.3 is 10.1 Å². The number of thiocarbonyl (C=S) groups is 1. The van der Waals surface area contributed by atoms with Crippen LogP contribution in [0.4, 0.5) is 5.69 Å². The van der Waals surface area contributed by atoms with Crippen molar-refractivity contribution in [3.8, 4) is 5.75 Å². The smallest absolute Gasteiger partial charge is 0.266 e. The van der Waals surface area contributed by atoms with E-state index in [0.717, 1.165) is 11.3 Å². The highest BCUT2D eigenvalue weighted by molar-refractivity contribution is 8.26. The minimum atomic E-state index is -0.236. The summed E-state index contributed by atoms with van der Waals surface area (Å²) in [6.07, 6.45) is 1.89. The van der Waals surface area contributed by atoms with Gasteiger partial charge in [0.05, 0.1) is 11.5 Å². The number of Topliss-reactive ketones (excluding diaryl/α,β-unsaturated/α-hetero) is 1. The molecule has 2 aromatic rings. The normalized spacial score (nSPS) is 14.8. The fourth-order valence-corrected chi connectivity index (χ4v) is 4.20. The van der Waals surface area contributed by atoms with E-state index in [1.165, 1.54) is 23.6 Å². The first-order valence-corrected chi connectivity index (χ1v) is 11.0. The third-order valence-corrected chi connectivity index (χ3v) is 5.88. The van der Waals surface area contributed by atoms with Gasteiger partial charge in [0.15, 0.2) is 5.78 Å². The number of hydrogen-bond acceptors (Lipinski definition) is 6. The van der Waals surface area contributed by atoms with E-state index < -0.39 is 0 Å². The lowest BCUT2D eigenvalue weighted by molar-refractivity contribution is -0.122. The molecule has 1 N–H and O–H groups in total. The lowest BCUT2D eigenvalue weighted by Gasteiger charge is -2.14. The zero-order valence-corrected chi connectivity index (χ0v) is 18.8. The molecule has 0 aromatic heterocycles. The van der Waals surface area contributed by atoms with Crippen LogP contribution in [0.2, 0.25) is 0 Å². The van der Waals surface area contributed by atoms with E-state index in [2.05, 4.69) is 5.32 Å². The second-order valence-corrected chi connectivity index (χ2v) is 8.44. The fraction of sp³-hybridized carbons (Fsp3) is 0.217. The maximum absolute atomic E-state index is 12.7. The molecule has 0 unspecified atom stereocenters. The fourth-order valence-electron chi connectivity index (χ4n) is 2.90. The second-order valence-electron chi connectivity index (χ2n) is 6.77. The van der Waals surface area contributed by atoms with Crippen LogP contribution in [0, 0.1) is 0 Å². The van der Waals surface area contributed by atoms with Crippen molar-refractivity contribution in [3.05, 3.63) is 64.6 Å². The predicted octanol–water partition coefficient (Wildman–Crippen LogP) is 4.52. The molecule has 1 fully saturated rings. The van der Waals surface area contributed by atoms with Gasteiger partial charge in [-0.3, -0.25) is 19.3 Å². The number of ether oxygens (including phenoxy) is 1. The molecule has 0 radical (unpaired) electrons. The molecular formula is C23H22N2O4S2. The monoisotopic (exact) mass is 454 g/mol. The highest BCUT2D eigenvalue weighted by Crippen LogP contribution is 2.32. The van der Waals surface area contributed by atoms with E-state index >= 15 is 0 Å². The number of thioether (sulfide) groups is 1. The number of nitrogens with zero attached hydrogens (tertiary/aromatic N) is 1. The highest BCUT2D eigenvalue weighted by Gasteiger charge is 2.32. The zero-order valence-electron chi connectivity index (χ0n) is 17.2. The Morgan fingerprint density at radius 3 is 2.42 bits per heavy atom. The van der Waals surface area contributed by atoms with Crippen LogP contribution in [0.15, 0.2) is 53.4 Å². The van der Waals surface area contributed by atoms with Crippen molar-refractivity contribution in [1.82, 2.24) is 4.90 Å². The van der Waals surface area contributed by atoms with Crippen molar-refractivity contribution in [2.24, 2.45) is 0 Å². The van der Waals surface area contributed by atoms with E-state index in [9.17, 15) is 14.4 Å². The van der Waals surface area contributed by atoms with Gasteiger partial charge in [0.25, 0.3) is 5.91 Å². The molecule has 0 bridgehead atoms. The quantitative estimate of drug-likeness (QED) is 0.359. The van der Waals surface area contributed by atoms with Crippen molar-refractivity contribution in [3.63, 3.8) is 0 Å². The average molecular weight is 455 g/mol. The maximum atomic E-state index is 12.7. The van der Waals surface area contributed by atoms with E-state index in [-0.39, 0.29) is 30.6 Å². The first-order chi connectivity index (χ1) is 14.9. The van der Waals surface area contributed by atoms with Crippen LogP contribution in [0.1, 0.15) is 36.2 Å². The summed E-state index contributed by atoms with van der Waals surface area (Å²) < 4.78 is 5.86. The molecule has 0 aliphatic carbocycles. The lowest BCUT2D eigenvalue weighted by Crippen LogP contribution is -2.31. The van der Waals surface area contributed by atoms with Gasteiger partial charge in [-0.05, 0) is 61.9 Å². The van der Waals surface area contributed by atoms with Crippen molar-refractivity contribution < 1.29 is 19.1 Å². The summed E-state index contributed by atoms with van der Waals surface area (Å²) in [4.78, 5) is 38.3. The van der Waals surface area contributed by atoms with Gasteiger partial charge in [0, 0.05) is 24.2 Å². The Kier molecular flexibility index (Phi) is 7.59. The molecule has 31 heavy (non-hydrogen) atoms. The van der Waals surface area contributed by atoms with Gasteiger partial charge in [0.2, 0.25) is 5.91 Å². The third-order valence-electron chi connectivity index (χ3n) is 4.50. The minimum absolute atomic E-state index is 0.0365. The largest absolute Gasteiger partial charge is 0.494 e. The highest BCUT2D eigenvalue weighted by atomic mass is 32.2. The molecule has 2 aromatic carbocycles. The van der Waals surface area contributed by atoms with E-state index in [1.807, 2.05) is 31.2 Å². The van der Waals surface area contributed by atoms with Gasteiger partial charge in [0.1, 0.15) is 10.1 Å². The Balaban J connectivity index is 1.57. The minimum Gasteiger partial charge on any atom is -0.494 e. The molecule has 160 valence electrons. The van der Waals surface area contributed by atoms with Gasteiger partial charge in [-0.15, -0.1) is 0 Å². The van der Waals surface area contributed by atoms with Crippen LogP contribution < -0.4 is 10.1 Å². The number of rotatable bonds is 8.